The SMILES string of the molecule is O=C(ONc1ccc2c(c1)CNC2)C(F)(F)F. The fourth-order valence-corrected chi connectivity index (χ4v) is 1.52. The van der Waals surface area contributed by atoms with Gasteiger partial charge in [0, 0.05) is 13.1 Å². The third kappa shape index (κ3) is 2.68. The summed E-state index contributed by atoms with van der Waals surface area (Å²) >= 11 is 0. The third-order valence-electron chi connectivity index (χ3n) is 2.33. The second-order valence-electron chi connectivity index (χ2n) is 3.58. The van der Waals surface area contributed by atoms with Crippen molar-refractivity contribution >= 4 is 11.7 Å². The first-order chi connectivity index (χ1) is 7.97. The number of fused-ring (bicyclic) bond motifs is 1. The standard InChI is InChI=1S/C10H9F3N2O2/c11-10(12,13)9(16)17-15-8-2-1-6-4-14-5-7(6)3-8/h1-3,14-15H,4-5H2. The number of halogens is 3. The van der Waals surface area contributed by atoms with E-state index in [1.54, 1.807) is 18.2 Å². The number of benzene rings is 1. The van der Waals surface area contributed by atoms with Gasteiger partial charge >= 0.3 is 12.1 Å². The lowest BCUT2D eigenvalue weighted by molar-refractivity contribution is -0.196. The zero-order valence-corrected chi connectivity index (χ0v) is 8.60. The van der Waals surface area contributed by atoms with Crippen molar-refractivity contribution in [2.45, 2.75) is 19.3 Å². The maximum absolute atomic E-state index is 11.8. The van der Waals surface area contributed by atoms with E-state index in [-0.39, 0.29) is 0 Å². The van der Waals surface area contributed by atoms with E-state index in [4.69, 9.17) is 0 Å². The highest BCUT2D eigenvalue weighted by molar-refractivity contribution is 5.76. The molecule has 1 aliphatic rings. The molecule has 0 aliphatic carbocycles. The molecule has 0 unspecified atom stereocenters. The fourth-order valence-electron chi connectivity index (χ4n) is 1.52. The van der Waals surface area contributed by atoms with Crippen LogP contribution in [0.5, 0.6) is 0 Å². The fraction of sp³-hybridized carbons (Fsp3) is 0.300. The molecule has 2 N–H and O–H groups in total. The van der Waals surface area contributed by atoms with E-state index >= 15 is 0 Å². The Bertz CT molecular complexity index is 446. The summed E-state index contributed by atoms with van der Waals surface area (Å²) < 4.78 is 35.5. The molecular weight excluding hydrogens is 237 g/mol. The summed E-state index contributed by atoms with van der Waals surface area (Å²) in [5.41, 5.74) is 4.35. The van der Waals surface area contributed by atoms with E-state index in [1.165, 1.54) is 0 Å². The summed E-state index contributed by atoms with van der Waals surface area (Å²) in [5, 5.41) is 3.09. The zero-order valence-electron chi connectivity index (χ0n) is 8.60. The normalized spacial score (nSPS) is 14.3. The van der Waals surface area contributed by atoms with Crippen LogP contribution in [0, 0.1) is 0 Å². The highest BCUT2D eigenvalue weighted by atomic mass is 19.4. The Kier molecular flexibility index (Phi) is 2.93. The molecule has 0 bridgehead atoms. The van der Waals surface area contributed by atoms with E-state index in [0.29, 0.717) is 12.2 Å². The number of hydrogen-bond acceptors (Lipinski definition) is 4. The molecule has 1 heterocycles. The minimum absolute atomic E-state index is 0.310. The molecular formula is C10H9F3N2O2. The van der Waals surface area contributed by atoms with Crippen LogP contribution in [0.15, 0.2) is 18.2 Å². The van der Waals surface area contributed by atoms with E-state index in [1.807, 2.05) is 5.48 Å². The van der Waals surface area contributed by atoms with Gasteiger partial charge in [-0.2, -0.15) is 13.2 Å². The molecule has 0 aromatic heterocycles. The van der Waals surface area contributed by atoms with E-state index in [9.17, 15) is 18.0 Å². The molecule has 0 saturated heterocycles. The quantitative estimate of drug-likeness (QED) is 0.780. The second-order valence-corrected chi connectivity index (χ2v) is 3.58. The Balaban J connectivity index is 1.98. The summed E-state index contributed by atoms with van der Waals surface area (Å²) in [4.78, 5) is 14.4. The van der Waals surface area contributed by atoms with Crippen molar-refractivity contribution in [1.82, 2.24) is 5.32 Å². The molecule has 17 heavy (non-hydrogen) atoms. The van der Waals surface area contributed by atoms with E-state index in [0.717, 1.165) is 17.7 Å². The lowest BCUT2D eigenvalue weighted by Crippen LogP contribution is -2.27. The minimum atomic E-state index is -4.99. The van der Waals surface area contributed by atoms with Gasteiger partial charge in [-0.15, -0.1) is 0 Å². The van der Waals surface area contributed by atoms with E-state index < -0.39 is 12.1 Å². The monoisotopic (exact) mass is 246 g/mol. The van der Waals surface area contributed by atoms with Gasteiger partial charge in [0.1, 0.15) is 0 Å². The van der Waals surface area contributed by atoms with Crippen LogP contribution in [0.3, 0.4) is 0 Å². The summed E-state index contributed by atoms with van der Waals surface area (Å²) in [6, 6.07) is 4.95. The second kappa shape index (κ2) is 4.25. The van der Waals surface area contributed by atoms with Crippen molar-refractivity contribution in [3.8, 4) is 0 Å². The maximum Gasteiger partial charge on any atom is 0.493 e. The average Bonchev–Trinajstić information content (AvgIpc) is 2.71. The zero-order chi connectivity index (χ0) is 12.5. The number of rotatable bonds is 2. The van der Waals surface area contributed by atoms with Crippen LogP contribution in [-0.2, 0) is 22.7 Å². The lowest BCUT2D eigenvalue weighted by Gasteiger charge is -2.09. The Morgan fingerprint density at radius 1 is 1.29 bits per heavy atom. The van der Waals surface area contributed by atoms with Gasteiger partial charge < -0.3 is 10.2 Å². The van der Waals surface area contributed by atoms with Crippen LogP contribution < -0.4 is 10.8 Å². The smallest absolute Gasteiger partial charge is 0.335 e. The molecule has 92 valence electrons. The Hall–Kier alpha value is -1.76. The van der Waals surface area contributed by atoms with Crippen molar-refractivity contribution in [2.24, 2.45) is 0 Å². The number of nitrogens with one attached hydrogen (secondary N) is 2. The Morgan fingerprint density at radius 3 is 2.71 bits per heavy atom. The van der Waals surface area contributed by atoms with Crippen molar-refractivity contribution in [1.29, 1.82) is 0 Å². The van der Waals surface area contributed by atoms with Crippen LogP contribution in [0.4, 0.5) is 18.9 Å². The predicted molar refractivity (Wildman–Crippen MR) is 52.8 cm³/mol. The highest BCUT2D eigenvalue weighted by Gasteiger charge is 2.41. The molecule has 4 nitrogen and oxygen atoms in total. The van der Waals surface area contributed by atoms with Gasteiger partial charge in [-0.1, -0.05) is 6.07 Å². The van der Waals surface area contributed by atoms with Crippen molar-refractivity contribution in [3.05, 3.63) is 29.3 Å². The molecule has 0 radical (unpaired) electrons. The van der Waals surface area contributed by atoms with Gasteiger partial charge in [0.2, 0.25) is 0 Å². The predicted octanol–water partition coefficient (Wildman–Crippen LogP) is 1.72. The molecule has 0 saturated carbocycles. The van der Waals surface area contributed by atoms with Gasteiger partial charge in [-0.3, -0.25) is 0 Å². The number of anilines is 1. The largest absolute Gasteiger partial charge is 0.493 e. The van der Waals surface area contributed by atoms with Crippen LogP contribution >= 0.6 is 0 Å². The van der Waals surface area contributed by atoms with Gasteiger partial charge in [0.15, 0.2) is 0 Å². The van der Waals surface area contributed by atoms with E-state index in [2.05, 4.69) is 10.2 Å². The lowest BCUT2D eigenvalue weighted by atomic mass is 10.1. The molecule has 0 atom stereocenters. The topological polar surface area (TPSA) is 50.4 Å². The number of alkyl halides is 3. The van der Waals surface area contributed by atoms with Crippen LogP contribution in [0.2, 0.25) is 0 Å². The Morgan fingerprint density at radius 2 is 2.00 bits per heavy atom. The van der Waals surface area contributed by atoms with Gasteiger partial charge in [-0.25, -0.2) is 10.3 Å². The van der Waals surface area contributed by atoms with Gasteiger partial charge in [0.25, 0.3) is 0 Å². The molecule has 0 amide bonds. The third-order valence-corrected chi connectivity index (χ3v) is 2.33. The van der Waals surface area contributed by atoms with Crippen molar-refractivity contribution in [2.75, 3.05) is 5.48 Å². The Labute approximate surface area is 94.7 Å². The van der Waals surface area contributed by atoms with Crippen LogP contribution in [-0.4, -0.2) is 12.1 Å². The molecule has 1 aromatic rings. The number of carbonyl (C=O) groups is 1. The summed E-state index contributed by atoms with van der Waals surface area (Å²) in [6.45, 7) is 1.38. The number of hydrogen-bond donors (Lipinski definition) is 2. The summed E-state index contributed by atoms with van der Waals surface area (Å²) in [6.07, 6.45) is -4.99. The molecule has 0 spiro atoms. The van der Waals surface area contributed by atoms with Crippen LogP contribution in [0.25, 0.3) is 0 Å². The van der Waals surface area contributed by atoms with Gasteiger partial charge in [-0.05, 0) is 23.3 Å². The molecule has 2 rings (SSSR count). The molecule has 1 aliphatic heterocycles. The first kappa shape index (κ1) is 11.7. The first-order valence-electron chi connectivity index (χ1n) is 4.83. The average molecular weight is 246 g/mol. The molecule has 1 aromatic carbocycles. The first-order valence-corrected chi connectivity index (χ1v) is 4.83. The molecule has 0 fully saturated rings. The maximum atomic E-state index is 11.8. The van der Waals surface area contributed by atoms with Crippen LogP contribution in [0.1, 0.15) is 11.1 Å². The summed E-state index contributed by atoms with van der Waals surface area (Å²) in [7, 11) is 0. The molecule has 7 heteroatoms. The summed E-state index contributed by atoms with van der Waals surface area (Å²) in [5.74, 6) is -2.27. The number of carbonyl (C=O) groups excluding carboxylic acids is 1. The minimum Gasteiger partial charge on any atom is -0.335 e. The van der Waals surface area contributed by atoms with Crippen molar-refractivity contribution < 1.29 is 22.8 Å². The van der Waals surface area contributed by atoms with Gasteiger partial charge in [0.05, 0.1) is 5.69 Å². The highest BCUT2D eigenvalue weighted by Crippen LogP contribution is 2.21. The van der Waals surface area contributed by atoms with Crippen molar-refractivity contribution in [3.63, 3.8) is 0 Å².